The molecule has 0 bridgehead atoms. The van der Waals surface area contributed by atoms with E-state index in [-0.39, 0.29) is 0 Å². The average Bonchev–Trinajstić information content (AvgIpc) is 2.93. The van der Waals surface area contributed by atoms with Crippen molar-refractivity contribution in [3.05, 3.63) is 11.4 Å². The first-order valence-corrected chi connectivity index (χ1v) is 7.50. The molecular weight excluding hydrogens is 238 g/mol. The van der Waals surface area contributed by atoms with Crippen LogP contribution in [0.5, 0.6) is 0 Å². The number of aromatic nitrogens is 3. The van der Waals surface area contributed by atoms with E-state index in [0.717, 1.165) is 61.6 Å². The minimum Gasteiger partial charge on any atom is -0.339 e. The highest BCUT2D eigenvalue weighted by Crippen LogP contribution is 2.28. The molecule has 19 heavy (non-hydrogen) atoms. The van der Waals surface area contributed by atoms with E-state index in [9.17, 15) is 0 Å². The van der Waals surface area contributed by atoms with Crippen LogP contribution in [0.15, 0.2) is 0 Å². The summed E-state index contributed by atoms with van der Waals surface area (Å²) in [5, 5.41) is 12.2. The molecule has 1 aromatic rings. The minimum absolute atomic E-state index is 0.758. The zero-order chi connectivity index (χ0) is 13.2. The van der Waals surface area contributed by atoms with Crippen molar-refractivity contribution < 1.29 is 0 Å². The third-order valence-electron chi connectivity index (χ3n) is 4.49. The fraction of sp³-hybridized carbons (Fsp3) is 0.786. The quantitative estimate of drug-likeness (QED) is 0.881. The second-order valence-corrected chi connectivity index (χ2v) is 5.63. The number of hydrogen-bond donors (Lipinski definition) is 1. The molecule has 2 atom stereocenters. The van der Waals surface area contributed by atoms with E-state index in [2.05, 4.69) is 34.3 Å². The van der Waals surface area contributed by atoms with E-state index in [1.807, 2.05) is 0 Å². The molecular formula is C14H23N5. The lowest BCUT2D eigenvalue weighted by atomic mass is 9.89. The molecule has 3 rings (SSSR count). The summed E-state index contributed by atoms with van der Waals surface area (Å²) in [6.07, 6.45) is 3.10. The first-order chi connectivity index (χ1) is 9.31. The molecule has 2 saturated heterocycles. The average molecular weight is 261 g/mol. The highest BCUT2D eigenvalue weighted by atomic mass is 15.3. The topological polar surface area (TPSA) is 53.9 Å². The summed E-state index contributed by atoms with van der Waals surface area (Å²) < 4.78 is 0. The van der Waals surface area contributed by atoms with Gasteiger partial charge in [-0.15, -0.1) is 5.10 Å². The molecule has 0 amide bonds. The maximum Gasteiger partial charge on any atom is 0.245 e. The number of aryl methyl sites for hydroxylation is 2. The van der Waals surface area contributed by atoms with Gasteiger partial charge in [-0.25, -0.2) is 4.98 Å². The van der Waals surface area contributed by atoms with Gasteiger partial charge in [-0.2, -0.15) is 5.10 Å². The normalized spacial score (nSPS) is 26.5. The number of fused-ring (bicyclic) bond motifs is 1. The summed E-state index contributed by atoms with van der Waals surface area (Å²) in [5.74, 6) is 2.44. The Morgan fingerprint density at radius 3 is 2.68 bits per heavy atom. The van der Waals surface area contributed by atoms with Gasteiger partial charge in [0.25, 0.3) is 0 Å². The third-order valence-corrected chi connectivity index (χ3v) is 4.49. The molecule has 0 aromatic carbocycles. The van der Waals surface area contributed by atoms with E-state index in [4.69, 9.17) is 4.98 Å². The minimum atomic E-state index is 0.758. The van der Waals surface area contributed by atoms with Gasteiger partial charge in [0.2, 0.25) is 5.95 Å². The second-order valence-electron chi connectivity index (χ2n) is 5.63. The number of nitrogens with one attached hydrogen (secondary N) is 1. The summed E-state index contributed by atoms with van der Waals surface area (Å²) in [4.78, 5) is 7.05. The van der Waals surface area contributed by atoms with Crippen LogP contribution in [0.2, 0.25) is 0 Å². The maximum absolute atomic E-state index is 4.73. The Balaban J connectivity index is 1.78. The molecule has 1 N–H and O–H groups in total. The van der Waals surface area contributed by atoms with Crippen molar-refractivity contribution in [1.29, 1.82) is 0 Å². The Bertz CT molecular complexity index is 447. The predicted octanol–water partition coefficient (Wildman–Crippen LogP) is 1.04. The van der Waals surface area contributed by atoms with Crippen LogP contribution in [0.3, 0.4) is 0 Å². The Kier molecular flexibility index (Phi) is 3.64. The van der Waals surface area contributed by atoms with Gasteiger partial charge in [-0.05, 0) is 44.2 Å². The molecule has 2 fully saturated rings. The SMILES string of the molecule is CCc1nnc(N2CCC3CNCC3C2)nc1CC. The first-order valence-electron chi connectivity index (χ1n) is 7.50. The first kappa shape index (κ1) is 12.8. The summed E-state index contributed by atoms with van der Waals surface area (Å²) in [7, 11) is 0. The van der Waals surface area contributed by atoms with Crippen LogP contribution in [-0.2, 0) is 12.8 Å². The summed E-state index contributed by atoms with van der Waals surface area (Å²) in [5.41, 5.74) is 2.16. The summed E-state index contributed by atoms with van der Waals surface area (Å²) in [6, 6.07) is 0. The molecule has 0 spiro atoms. The van der Waals surface area contributed by atoms with Gasteiger partial charge >= 0.3 is 0 Å². The van der Waals surface area contributed by atoms with Gasteiger partial charge in [0.05, 0.1) is 11.4 Å². The molecule has 5 heteroatoms. The van der Waals surface area contributed by atoms with Crippen molar-refractivity contribution in [1.82, 2.24) is 20.5 Å². The summed E-state index contributed by atoms with van der Waals surface area (Å²) in [6.45, 7) is 8.72. The van der Waals surface area contributed by atoms with Gasteiger partial charge in [-0.1, -0.05) is 13.8 Å². The third kappa shape index (κ3) is 2.43. The highest BCUT2D eigenvalue weighted by Gasteiger charge is 2.33. The van der Waals surface area contributed by atoms with Crippen LogP contribution in [-0.4, -0.2) is 41.4 Å². The Hall–Kier alpha value is -1.23. The van der Waals surface area contributed by atoms with Crippen LogP contribution in [0.25, 0.3) is 0 Å². The summed E-state index contributed by atoms with van der Waals surface area (Å²) >= 11 is 0. The molecule has 0 saturated carbocycles. The molecule has 2 aliphatic rings. The lowest BCUT2D eigenvalue weighted by Gasteiger charge is -2.34. The predicted molar refractivity (Wildman–Crippen MR) is 75.3 cm³/mol. The number of piperidine rings is 1. The number of nitrogens with zero attached hydrogens (tertiary/aromatic N) is 4. The smallest absolute Gasteiger partial charge is 0.245 e. The van der Waals surface area contributed by atoms with E-state index in [1.165, 1.54) is 13.0 Å². The molecule has 0 aliphatic carbocycles. The van der Waals surface area contributed by atoms with Crippen molar-refractivity contribution in [3.63, 3.8) is 0 Å². The van der Waals surface area contributed by atoms with Crippen LogP contribution < -0.4 is 10.2 Å². The van der Waals surface area contributed by atoms with Gasteiger partial charge in [-0.3, -0.25) is 0 Å². The van der Waals surface area contributed by atoms with Crippen LogP contribution in [0.1, 0.15) is 31.7 Å². The second kappa shape index (κ2) is 5.41. The Labute approximate surface area is 114 Å². The molecule has 1 aromatic heterocycles. The van der Waals surface area contributed by atoms with E-state index >= 15 is 0 Å². The fourth-order valence-corrected chi connectivity index (χ4v) is 3.28. The molecule has 104 valence electrons. The lowest BCUT2D eigenvalue weighted by Crippen LogP contribution is -2.41. The molecule has 0 radical (unpaired) electrons. The lowest BCUT2D eigenvalue weighted by molar-refractivity contribution is 0.345. The molecule has 5 nitrogen and oxygen atoms in total. The van der Waals surface area contributed by atoms with Gasteiger partial charge in [0.15, 0.2) is 0 Å². The van der Waals surface area contributed by atoms with Gasteiger partial charge in [0.1, 0.15) is 0 Å². The monoisotopic (exact) mass is 261 g/mol. The van der Waals surface area contributed by atoms with Crippen molar-refractivity contribution in [3.8, 4) is 0 Å². The van der Waals surface area contributed by atoms with Crippen molar-refractivity contribution in [2.45, 2.75) is 33.1 Å². The highest BCUT2D eigenvalue weighted by molar-refractivity contribution is 5.31. The largest absolute Gasteiger partial charge is 0.339 e. The number of anilines is 1. The molecule has 2 unspecified atom stereocenters. The van der Waals surface area contributed by atoms with Crippen LogP contribution >= 0.6 is 0 Å². The van der Waals surface area contributed by atoms with E-state index in [0.29, 0.717) is 0 Å². The molecule has 3 heterocycles. The van der Waals surface area contributed by atoms with Crippen LogP contribution in [0.4, 0.5) is 5.95 Å². The maximum atomic E-state index is 4.73. The molecule has 2 aliphatic heterocycles. The van der Waals surface area contributed by atoms with Crippen molar-refractivity contribution in [2.24, 2.45) is 11.8 Å². The van der Waals surface area contributed by atoms with Crippen LogP contribution in [0, 0.1) is 11.8 Å². The standard InChI is InChI=1S/C14H23N5/c1-3-12-13(4-2)17-18-14(16-12)19-6-5-10-7-15-8-11(10)9-19/h10-11,15H,3-9H2,1-2H3. The zero-order valence-electron chi connectivity index (χ0n) is 11.9. The van der Waals surface area contributed by atoms with Gasteiger partial charge < -0.3 is 10.2 Å². The van der Waals surface area contributed by atoms with Crippen molar-refractivity contribution >= 4 is 5.95 Å². The van der Waals surface area contributed by atoms with E-state index < -0.39 is 0 Å². The number of rotatable bonds is 3. The van der Waals surface area contributed by atoms with Gasteiger partial charge in [0, 0.05) is 13.1 Å². The fourth-order valence-electron chi connectivity index (χ4n) is 3.28. The number of hydrogen-bond acceptors (Lipinski definition) is 5. The zero-order valence-corrected chi connectivity index (χ0v) is 11.9. The van der Waals surface area contributed by atoms with E-state index in [1.54, 1.807) is 0 Å². The Morgan fingerprint density at radius 2 is 1.89 bits per heavy atom. The van der Waals surface area contributed by atoms with Crippen molar-refractivity contribution in [2.75, 3.05) is 31.1 Å². The Morgan fingerprint density at radius 1 is 1.11 bits per heavy atom.